The summed E-state index contributed by atoms with van der Waals surface area (Å²) in [5.74, 6) is 0.649. The molecule has 0 amide bonds. The quantitative estimate of drug-likeness (QED) is 0.109. The highest BCUT2D eigenvalue weighted by Crippen LogP contribution is 2.41. The number of alkyl halides is 1. The first-order valence-corrected chi connectivity index (χ1v) is 14.1. The summed E-state index contributed by atoms with van der Waals surface area (Å²) in [6, 6.07) is 0. The summed E-state index contributed by atoms with van der Waals surface area (Å²) in [4.78, 5) is 25.6. The molecule has 4 aromatic heterocycles. The molecule has 8 atom stereocenters. The molecule has 0 aliphatic carbocycles. The Bertz CT molecular complexity index is 1580. The summed E-state index contributed by atoms with van der Waals surface area (Å²) in [7, 11) is 0. The molecule has 0 aromatic carbocycles. The highest BCUT2D eigenvalue weighted by molar-refractivity contribution is 14.1. The van der Waals surface area contributed by atoms with Crippen molar-refractivity contribution < 1.29 is 29.9 Å². The average molecular weight is 668 g/mol. The Hall–Kier alpha value is -2.81. The summed E-state index contributed by atoms with van der Waals surface area (Å²) in [5, 5.41) is 43.8. The lowest BCUT2D eigenvalue weighted by atomic mass is 9.91. The van der Waals surface area contributed by atoms with Gasteiger partial charge in [-0.05, 0) is 20.3 Å². The van der Waals surface area contributed by atoms with E-state index in [1.807, 2.05) is 0 Å². The molecular formula is C23H29IN10O6. The Labute approximate surface area is 240 Å². The number of rotatable bonds is 6. The molecule has 17 heteroatoms. The van der Waals surface area contributed by atoms with Crippen LogP contribution in [-0.4, -0.2) is 99.5 Å². The summed E-state index contributed by atoms with van der Waals surface area (Å²) < 4.78 is 15.6. The van der Waals surface area contributed by atoms with Crippen LogP contribution in [0.2, 0.25) is 0 Å². The van der Waals surface area contributed by atoms with Crippen LogP contribution in [0, 0.1) is 0 Å². The molecule has 214 valence electrons. The van der Waals surface area contributed by atoms with Gasteiger partial charge in [0.2, 0.25) is 0 Å². The number of aromatic nitrogens is 8. The third-order valence-electron chi connectivity index (χ3n) is 7.77. The monoisotopic (exact) mass is 668 g/mol. The Morgan fingerprint density at radius 3 is 2.30 bits per heavy atom. The van der Waals surface area contributed by atoms with Gasteiger partial charge in [-0.3, -0.25) is 9.13 Å². The van der Waals surface area contributed by atoms with Gasteiger partial charge in [-0.1, -0.05) is 22.6 Å². The second kappa shape index (κ2) is 9.64. The standard InChI is InChI=1S/C23H29IN10O6/c1-22(37)10(40-20(15(22)36)33-7-29-12-16(25)27-6-28-18(12)33)3-4-11-31-17(26)13-19(32-11)34(8-30-13)21-23(2,38)14(35)9(5-24)39-21/h6-10,14-15,20-21,35-38H,3-5H2,1-2H3,(H2,25,27,28)(H2,26,31,32)/t9-,10-,14?,15?,20-,21-,22?,23?/m1/s1. The van der Waals surface area contributed by atoms with Gasteiger partial charge in [-0.25, -0.2) is 29.9 Å². The number of ether oxygens (including phenoxy) is 2. The topological polar surface area (TPSA) is 239 Å². The van der Waals surface area contributed by atoms with E-state index >= 15 is 0 Å². The number of nitrogens with zero attached hydrogens (tertiary/aromatic N) is 8. The van der Waals surface area contributed by atoms with Gasteiger partial charge in [-0.15, -0.1) is 0 Å². The molecule has 2 saturated heterocycles. The minimum Gasteiger partial charge on any atom is -0.387 e. The first-order chi connectivity index (χ1) is 18.9. The zero-order chi connectivity index (χ0) is 28.6. The van der Waals surface area contributed by atoms with Crippen molar-refractivity contribution in [2.75, 3.05) is 15.9 Å². The number of imidazole rings is 2. The van der Waals surface area contributed by atoms with Crippen LogP contribution in [0.25, 0.3) is 22.3 Å². The number of hydrogen-bond acceptors (Lipinski definition) is 14. The number of aliphatic hydroxyl groups excluding tert-OH is 2. The minimum absolute atomic E-state index is 0.126. The number of halogens is 1. The molecular weight excluding hydrogens is 639 g/mol. The van der Waals surface area contributed by atoms with Gasteiger partial charge >= 0.3 is 0 Å². The van der Waals surface area contributed by atoms with Crippen molar-refractivity contribution in [2.24, 2.45) is 0 Å². The molecule has 2 fully saturated rings. The van der Waals surface area contributed by atoms with Crippen molar-refractivity contribution in [3.63, 3.8) is 0 Å². The first-order valence-electron chi connectivity index (χ1n) is 12.5. The van der Waals surface area contributed by atoms with Gasteiger partial charge in [0.05, 0.1) is 24.9 Å². The van der Waals surface area contributed by atoms with Crippen molar-refractivity contribution in [2.45, 2.75) is 74.8 Å². The molecule has 0 saturated carbocycles. The largest absolute Gasteiger partial charge is 0.387 e. The molecule has 2 aliphatic rings. The van der Waals surface area contributed by atoms with Crippen molar-refractivity contribution in [3.8, 4) is 0 Å². The fraction of sp³-hybridized carbons (Fsp3) is 0.565. The second-order valence-electron chi connectivity index (χ2n) is 10.5. The number of nitrogen functional groups attached to an aromatic ring is 2. The fourth-order valence-corrected chi connectivity index (χ4v) is 6.08. The highest BCUT2D eigenvalue weighted by atomic mass is 127. The van der Waals surface area contributed by atoms with E-state index in [2.05, 4.69) is 52.5 Å². The van der Waals surface area contributed by atoms with Crippen LogP contribution in [0.1, 0.15) is 38.5 Å². The van der Waals surface area contributed by atoms with Crippen LogP contribution in [0.15, 0.2) is 19.0 Å². The first kappa shape index (κ1) is 27.4. The molecule has 0 spiro atoms. The number of anilines is 2. The normalized spacial score (nSPS) is 34.4. The van der Waals surface area contributed by atoms with Crippen LogP contribution in [0.4, 0.5) is 11.6 Å². The molecule has 6 heterocycles. The van der Waals surface area contributed by atoms with E-state index in [1.54, 1.807) is 0 Å². The molecule has 40 heavy (non-hydrogen) atoms. The van der Waals surface area contributed by atoms with Gasteiger partial charge in [0.1, 0.15) is 46.6 Å². The third-order valence-corrected chi connectivity index (χ3v) is 8.64. The smallest absolute Gasteiger partial charge is 0.168 e. The van der Waals surface area contributed by atoms with Crippen LogP contribution < -0.4 is 11.5 Å². The number of hydrogen-bond donors (Lipinski definition) is 6. The third kappa shape index (κ3) is 4.10. The maximum atomic E-state index is 11.2. The Morgan fingerprint density at radius 1 is 0.900 bits per heavy atom. The Balaban J connectivity index is 1.26. The maximum absolute atomic E-state index is 11.2. The van der Waals surface area contributed by atoms with Crippen LogP contribution in [0.5, 0.6) is 0 Å². The van der Waals surface area contributed by atoms with E-state index in [9.17, 15) is 20.4 Å². The van der Waals surface area contributed by atoms with Crippen molar-refractivity contribution >= 4 is 56.6 Å². The summed E-state index contributed by atoms with van der Waals surface area (Å²) in [6.45, 7) is 2.99. The van der Waals surface area contributed by atoms with Crippen molar-refractivity contribution in [1.82, 2.24) is 39.0 Å². The van der Waals surface area contributed by atoms with E-state index < -0.39 is 48.1 Å². The summed E-state index contributed by atoms with van der Waals surface area (Å²) in [6.07, 6.45) is -1.11. The zero-order valence-corrected chi connectivity index (χ0v) is 23.7. The number of aryl methyl sites for hydroxylation is 1. The fourth-order valence-electron chi connectivity index (χ4n) is 5.39. The number of aliphatic hydroxyl groups is 4. The van der Waals surface area contributed by atoms with E-state index in [-0.39, 0.29) is 24.5 Å². The minimum atomic E-state index is -1.63. The van der Waals surface area contributed by atoms with Crippen LogP contribution in [-0.2, 0) is 15.9 Å². The van der Waals surface area contributed by atoms with E-state index in [0.717, 1.165) is 0 Å². The molecule has 0 radical (unpaired) electrons. The predicted molar refractivity (Wildman–Crippen MR) is 148 cm³/mol. The molecule has 4 unspecified atom stereocenters. The molecule has 2 aliphatic heterocycles. The number of fused-ring (bicyclic) bond motifs is 2. The molecule has 0 bridgehead atoms. The van der Waals surface area contributed by atoms with Gasteiger partial charge in [0.25, 0.3) is 0 Å². The molecule has 8 N–H and O–H groups in total. The van der Waals surface area contributed by atoms with Gasteiger partial charge in [0.15, 0.2) is 35.4 Å². The van der Waals surface area contributed by atoms with Crippen LogP contribution >= 0.6 is 22.6 Å². The molecule has 4 aromatic rings. The predicted octanol–water partition coefficient (Wildman–Crippen LogP) is -0.783. The van der Waals surface area contributed by atoms with E-state index in [1.165, 1.54) is 42.0 Å². The van der Waals surface area contributed by atoms with E-state index in [4.69, 9.17) is 20.9 Å². The Kier molecular flexibility index (Phi) is 6.59. The average Bonchev–Trinajstić information content (AvgIpc) is 3.63. The lowest BCUT2D eigenvalue weighted by molar-refractivity contribution is -0.0934. The second-order valence-corrected chi connectivity index (χ2v) is 11.4. The number of nitrogens with two attached hydrogens (primary N) is 2. The molecule has 6 rings (SSSR count). The maximum Gasteiger partial charge on any atom is 0.168 e. The Morgan fingerprint density at radius 2 is 1.60 bits per heavy atom. The molecule has 16 nitrogen and oxygen atoms in total. The van der Waals surface area contributed by atoms with Gasteiger partial charge in [-0.2, -0.15) is 0 Å². The lowest BCUT2D eigenvalue weighted by Crippen LogP contribution is -2.44. The SMILES string of the molecule is CC1(O)C(O)[C@H](n2cnc3c(N)ncnc32)O[C@@H]1CCc1nc(N)c2ncn([C@@H]3O[C@H](CI)C(O)C3(C)O)c2n1. The zero-order valence-electron chi connectivity index (χ0n) is 21.5. The van der Waals surface area contributed by atoms with Crippen molar-refractivity contribution in [3.05, 3.63) is 24.8 Å². The highest BCUT2D eigenvalue weighted by Gasteiger charge is 2.54. The van der Waals surface area contributed by atoms with Gasteiger partial charge < -0.3 is 41.4 Å². The van der Waals surface area contributed by atoms with Crippen molar-refractivity contribution in [1.29, 1.82) is 0 Å². The summed E-state index contributed by atoms with van der Waals surface area (Å²) >= 11 is 2.09. The lowest BCUT2D eigenvalue weighted by Gasteiger charge is -2.27. The summed E-state index contributed by atoms with van der Waals surface area (Å²) in [5.41, 5.74) is 10.2. The van der Waals surface area contributed by atoms with Crippen LogP contribution in [0.3, 0.4) is 0 Å². The van der Waals surface area contributed by atoms with E-state index in [0.29, 0.717) is 32.6 Å². The van der Waals surface area contributed by atoms with Gasteiger partial charge in [0, 0.05) is 10.8 Å².